The fraction of sp³-hybridized carbons (Fsp3) is 0.500. The van der Waals surface area contributed by atoms with Crippen molar-refractivity contribution < 1.29 is 14.4 Å². The van der Waals surface area contributed by atoms with Gasteiger partial charge in [0.25, 0.3) is 0 Å². The fourth-order valence-electron chi connectivity index (χ4n) is 5.63. The second-order valence-corrected chi connectivity index (χ2v) is 9.64. The number of amides is 3. The average molecular weight is 443 g/mol. The maximum absolute atomic E-state index is 13.2. The van der Waals surface area contributed by atoms with E-state index >= 15 is 0 Å². The number of rotatable bonds is 3. The fourth-order valence-corrected chi connectivity index (χ4v) is 6.09. The van der Waals surface area contributed by atoms with E-state index in [1.165, 1.54) is 4.90 Å². The van der Waals surface area contributed by atoms with Gasteiger partial charge in [-0.15, -0.1) is 0 Å². The topological polar surface area (TPSA) is 66.5 Å². The van der Waals surface area contributed by atoms with Gasteiger partial charge < -0.3 is 5.32 Å². The largest absolute Gasteiger partial charge is 0.324 e. The molecule has 7 atom stereocenters. The van der Waals surface area contributed by atoms with Gasteiger partial charge in [-0.25, -0.2) is 0 Å². The van der Waals surface area contributed by atoms with Crippen molar-refractivity contribution in [1.82, 2.24) is 4.90 Å². The van der Waals surface area contributed by atoms with Gasteiger partial charge in [0.2, 0.25) is 17.7 Å². The van der Waals surface area contributed by atoms with E-state index in [4.69, 9.17) is 0 Å². The summed E-state index contributed by atoms with van der Waals surface area (Å²) in [5.41, 5.74) is 2.64. The highest BCUT2D eigenvalue weighted by Crippen LogP contribution is 2.65. The highest BCUT2D eigenvalue weighted by molar-refractivity contribution is 9.10. The summed E-state index contributed by atoms with van der Waals surface area (Å²) in [6.07, 6.45) is 5.43. The standard InChI is InChI=1S/C22H23BrN2O3/c1-9-7-17(10(2)6-16(9)23)24-20(26)11(3)25-21(27)18-12-4-5-13(15-8-14(12)15)19(18)22(25)28/h4-7,11-15,18-19H,8H2,1-3H3,(H,24,26)/t11-,12-,13-,14-,15-,18-,19+/m1/s1. The summed E-state index contributed by atoms with van der Waals surface area (Å²) in [5.74, 6) is 0.293. The summed E-state index contributed by atoms with van der Waals surface area (Å²) in [5, 5.41) is 2.91. The van der Waals surface area contributed by atoms with Gasteiger partial charge >= 0.3 is 0 Å². The maximum Gasteiger partial charge on any atom is 0.247 e. The molecule has 3 amide bonds. The summed E-state index contributed by atoms with van der Waals surface area (Å²) in [6, 6.07) is 3.03. The molecule has 1 aromatic rings. The lowest BCUT2D eigenvalue weighted by atomic mass is 9.63. The lowest BCUT2D eigenvalue weighted by Crippen LogP contribution is -2.46. The van der Waals surface area contributed by atoms with Crippen molar-refractivity contribution >= 4 is 39.3 Å². The molecule has 4 aliphatic carbocycles. The molecule has 6 heteroatoms. The van der Waals surface area contributed by atoms with Gasteiger partial charge in [-0.2, -0.15) is 0 Å². The van der Waals surface area contributed by atoms with E-state index in [0.29, 0.717) is 17.5 Å². The van der Waals surface area contributed by atoms with Gasteiger partial charge in [-0.1, -0.05) is 28.1 Å². The molecule has 1 N–H and O–H groups in total. The van der Waals surface area contributed by atoms with E-state index in [1.54, 1.807) is 6.92 Å². The van der Waals surface area contributed by atoms with Gasteiger partial charge in [0.15, 0.2) is 0 Å². The first-order valence-corrected chi connectivity index (χ1v) is 10.7. The van der Waals surface area contributed by atoms with Crippen LogP contribution in [0.15, 0.2) is 28.8 Å². The van der Waals surface area contributed by atoms with Crippen LogP contribution < -0.4 is 5.32 Å². The van der Waals surface area contributed by atoms with Crippen molar-refractivity contribution in [1.29, 1.82) is 0 Å². The first kappa shape index (κ1) is 18.1. The summed E-state index contributed by atoms with van der Waals surface area (Å²) in [4.78, 5) is 40.5. The highest BCUT2D eigenvalue weighted by Gasteiger charge is 2.67. The van der Waals surface area contributed by atoms with Crippen LogP contribution in [-0.4, -0.2) is 28.7 Å². The predicted molar refractivity (Wildman–Crippen MR) is 108 cm³/mol. The molecule has 1 aliphatic heterocycles. The number of nitrogens with one attached hydrogen (secondary N) is 1. The molecular weight excluding hydrogens is 420 g/mol. The predicted octanol–water partition coefficient (Wildman–Crippen LogP) is 3.45. The Bertz CT molecular complexity index is 919. The Kier molecular flexibility index (Phi) is 3.89. The van der Waals surface area contributed by atoms with E-state index in [9.17, 15) is 14.4 Å². The van der Waals surface area contributed by atoms with E-state index < -0.39 is 6.04 Å². The number of benzene rings is 1. The third kappa shape index (κ3) is 2.39. The maximum atomic E-state index is 13.2. The van der Waals surface area contributed by atoms with E-state index in [0.717, 1.165) is 22.0 Å². The van der Waals surface area contributed by atoms with Gasteiger partial charge in [0.05, 0.1) is 11.8 Å². The average Bonchev–Trinajstić information content (AvgIpc) is 3.43. The van der Waals surface area contributed by atoms with Gasteiger partial charge in [-0.05, 0) is 74.1 Å². The number of hydrogen-bond acceptors (Lipinski definition) is 3. The summed E-state index contributed by atoms with van der Waals surface area (Å²) >= 11 is 3.49. The number of anilines is 1. The van der Waals surface area contributed by atoms with Crippen LogP contribution in [0.2, 0.25) is 0 Å². The minimum absolute atomic E-state index is 0.161. The number of nitrogens with zero attached hydrogens (tertiary/aromatic N) is 1. The van der Waals surface area contributed by atoms with E-state index in [2.05, 4.69) is 33.4 Å². The first-order chi connectivity index (χ1) is 13.3. The molecule has 5 nitrogen and oxygen atoms in total. The number of imide groups is 1. The van der Waals surface area contributed by atoms with Crippen LogP contribution in [0.1, 0.15) is 24.5 Å². The molecule has 146 valence electrons. The number of likely N-dealkylation sites (tertiary alicyclic amines) is 1. The number of aryl methyl sites for hydroxylation is 2. The summed E-state index contributed by atoms with van der Waals surface area (Å²) in [7, 11) is 0. The lowest BCUT2D eigenvalue weighted by Gasteiger charge is -2.37. The quantitative estimate of drug-likeness (QED) is 0.575. The zero-order chi connectivity index (χ0) is 19.9. The molecule has 1 aromatic carbocycles. The van der Waals surface area contributed by atoms with Crippen molar-refractivity contribution in [2.75, 3.05) is 5.32 Å². The number of carbonyl (C=O) groups excluding carboxylic acids is 3. The minimum Gasteiger partial charge on any atom is -0.324 e. The third-order valence-corrected chi connectivity index (χ3v) is 8.08. The van der Waals surface area contributed by atoms with Gasteiger partial charge in [0, 0.05) is 10.2 Å². The zero-order valence-corrected chi connectivity index (χ0v) is 17.7. The van der Waals surface area contributed by atoms with Crippen LogP contribution in [0.3, 0.4) is 0 Å². The Morgan fingerprint density at radius 3 is 2.21 bits per heavy atom. The van der Waals surface area contributed by atoms with Crippen LogP contribution in [0.5, 0.6) is 0 Å². The van der Waals surface area contributed by atoms with Crippen molar-refractivity contribution in [3.8, 4) is 0 Å². The molecule has 2 saturated carbocycles. The Balaban J connectivity index is 1.38. The number of allylic oxidation sites excluding steroid dienone is 2. The third-order valence-electron chi connectivity index (χ3n) is 7.23. The summed E-state index contributed by atoms with van der Waals surface area (Å²) in [6.45, 7) is 5.52. The molecule has 0 aromatic heterocycles. The summed E-state index contributed by atoms with van der Waals surface area (Å²) < 4.78 is 0.978. The van der Waals surface area contributed by atoms with Crippen molar-refractivity contribution in [3.63, 3.8) is 0 Å². The molecule has 0 radical (unpaired) electrons. The van der Waals surface area contributed by atoms with E-state index in [1.807, 2.05) is 26.0 Å². The number of hydrogen-bond donors (Lipinski definition) is 1. The molecule has 2 bridgehead atoms. The Morgan fingerprint density at radius 2 is 1.64 bits per heavy atom. The van der Waals surface area contributed by atoms with Gasteiger partial charge in [0.1, 0.15) is 6.04 Å². The zero-order valence-electron chi connectivity index (χ0n) is 16.1. The molecule has 6 rings (SSSR count). The molecule has 0 spiro atoms. The molecule has 0 unspecified atom stereocenters. The first-order valence-electron chi connectivity index (χ1n) is 9.92. The Labute approximate surface area is 172 Å². The van der Waals surface area contributed by atoms with Crippen LogP contribution in [0, 0.1) is 49.4 Å². The normalized spacial score (nSPS) is 35.6. The number of halogens is 1. The van der Waals surface area contributed by atoms with Crippen LogP contribution in [0.4, 0.5) is 5.69 Å². The molecule has 1 heterocycles. The highest BCUT2D eigenvalue weighted by atomic mass is 79.9. The van der Waals surface area contributed by atoms with Crippen molar-refractivity contribution in [2.24, 2.45) is 35.5 Å². The Hall–Kier alpha value is -1.95. The lowest BCUT2D eigenvalue weighted by molar-refractivity contribution is -0.146. The second-order valence-electron chi connectivity index (χ2n) is 8.78. The molecule has 5 aliphatic rings. The molecule has 3 fully saturated rings. The van der Waals surface area contributed by atoms with Crippen LogP contribution >= 0.6 is 15.9 Å². The second kappa shape index (κ2) is 6.02. The molecular formula is C22H23BrN2O3. The van der Waals surface area contributed by atoms with Gasteiger partial charge in [-0.3, -0.25) is 19.3 Å². The number of carbonyl (C=O) groups is 3. The minimum atomic E-state index is -0.815. The smallest absolute Gasteiger partial charge is 0.247 e. The van der Waals surface area contributed by atoms with Crippen LogP contribution in [0.25, 0.3) is 0 Å². The Morgan fingerprint density at radius 1 is 1.07 bits per heavy atom. The van der Waals surface area contributed by atoms with E-state index in [-0.39, 0.29) is 41.4 Å². The monoisotopic (exact) mass is 442 g/mol. The van der Waals surface area contributed by atoms with Crippen molar-refractivity contribution in [2.45, 2.75) is 33.2 Å². The molecule has 1 saturated heterocycles. The van der Waals surface area contributed by atoms with Crippen LogP contribution in [-0.2, 0) is 14.4 Å². The molecule has 28 heavy (non-hydrogen) atoms. The SMILES string of the molecule is Cc1cc(NC(=O)[C@@H](C)N2C(=O)[C@@H]3[C@@H]4C=C[C@H]([C@H]5C[C@H]45)[C@@H]3C2=O)c(C)cc1Br. The van der Waals surface area contributed by atoms with Crippen molar-refractivity contribution in [3.05, 3.63) is 39.9 Å².